The van der Waals surface area contributed by atoms with Crippen LogP contribution >= 0.6 is 0 Å². The van der Waals surface area contributed by atoms with E-state index in [2.05, 4.69) is 5.32 Å². The van der Waals surface area contributed by atoms with Crippen LogP contribution < -0.4 is 15.8 Å². The Morgan fingerprint density at radius 2 is 2.10 bits per heavy atom. The fourth-order valence-corrected chi connectivity index (χ4v) is 1.87. The fraction of sp³-hybridized carbons (Fsp3) is 0.133. The van der Waals surface area contributed by atoms with E-state index in [1.165, 1.54) is 6.07 Å². The van der Waals surface area contributed by atoms with Crippen molar-refractivity contribution in [2.75, 3.05) is 18.2 Å². The number of benzene rings is 2. The highest BCUT2D eigenvalue weighted by molar-refractivity contribution is 5.95. The Hall–Kier alpha value is -2.69. The van der Waals surface area contributed by atoms with Crippen LogP contribution in [0.3, 0.4) is 0 Å². The lowest BCUT2D eigenvalue weighted by Crippen LogP contribution is -2.07. The van der Waals surface area contributed by atoms with Gasteiger partial charge in [-0.3, -0.25) is 0 Å². The number of rotatable bonds is 5. The molecule has 0 saturated heterocycles. The van der Waals surface area contributed by atoms with Crippen molar-refractivity contribution in [2.45, 2.75) is 6.54 Å². The van der Waals surface area contributed by atoms with E-state index in [9.17, 15) is 4.79 Å². The number of ether oxygens (including phenoxy) is 1. The molecule has 0 atom stereocenters. The second-order valence-corrected chi connectivity index (χ2v) is 4.32. The summed E-state index contributed by atoms with van der Waals surface area (Å²) in [6, 6.07) is 12.3. The van der Waals surface area contributed by atoms with Crippen LogP contribution in [-0.4, -0.2) is 18.2 Å². The molecule has 5 nitrogen and oxygen atoms in total. The lowest BCUT2D eigenvalue weighted by molar-refractivity contribution is 0.0698. The van der Waals surface area contributed by atoms with Gasteiger partial charge in [0.1, 0.15) is 5.75 Å². The van der Waals surface area contributed by atoms with Gasteiger partial charge in [0.25, 0.3) is 0 Å². The van der Waals surface area contributed by atoms with E-state index in [4.69, 9.17) is 15.6 Å². The molecule has 0 heterocycles. The molecule has 2 aromatic rings. The highest BCUT2D eigenvalue weighted by Crippen LogP contribution is 2.20. The largest absolute Gasteiger partial charge is 0.497 e. The van der Waals surface area contributed by atoms with E-state index < -0.39 is 5.97 Å². The maximum atomic E-state index is 11.2. The van der Waals surface area contributed by atoms with Crippen molar-refractivity contribution >= 4 is 17.3 Å². The van der Waals surface area contributed by atoms with Gasteiger partial charge in [-0.05, 0) is 35.9 Å². The SMILES string of the molecule is COc1cccc(CNc2ccc(N)cc2C(=O)O)c1. The molecule has 0 unspecified atom stereocenters. The van der Waals surface area contributed by atoms with Gasteiger partial charge in [0.15, 0.2) is 0 Å². The van der Waals surface area contributed by atoms with Crippen LogP contribution in [0.4, 0.5) is 11.4 Å². The van der Waals surface area contributed by atoms with Gasteiger partial charge in [0.2, 0.25) is 0 Å². The average Bonchev–Trinajstić information content (AvgIpc) is 2.46. The minimum absolute atomic E-state index is 0.160. The van der Waals surface area contributed by atoms with Crippen LogP contribution in [0.5, 0.6) is 5.75 Å². The summed E-state index contributed by atoms with van der Waals surface area (Å²) in [7, 11) is 1.61. The molecule has 0 radical (unpaired) electrons. The molecule has 4 N–H and O–H groups in total. The van der Waals surface area contributed by atoms with Crippen molar-refractivity contribution < 1.29 is 14.6 Å². The number of anilines is 2. The molecular weight excluding hydrogens is 256 g/mol. The number of hydrogen-bond donors (Lipinski definition) is 3. The molecule has 20 heavy (non-hydrogen) atoms. The van der Waals surface area contributed by atoms with Crippen molar-refractivity contribution in [1.82, 2.24) is 0 Å². The summed E-state index contributed by atoms with van der Waals surface area (Å²) in [4.78, 5) is 11.2. The highest BCUT2D eigenvalue weighted by Gasteiger charge is 2.10. The quantitative estimate of drug-likeness (QED) is 0.728. The van der Waals surface area contributed by atoms with Gasteiger partial charge in [-0.2, -0.15) is 0 Å². The number of nitrogens with two attached hydrogens (primary N) is 1. The van der Waals surface area contributed by atoms with Crippen LogP contribution in [0.25, 0.3) is 0 Å². The molecule has 0 bridgehead atoms. The number of carbonyl (C=O) groups is 1. The molecule has 0 aromatic heterocycles. The van der Waals surface area contributed by atoms with E-state index in [1.807, 2.05) is 24.3 Å². The first-order valence-corrected chi connectivity index (χ1v) is 6.10. The Bertz CT molecular complexity index is 626. The summed E-state index contributed by atoms with van der Waals surface area (Å²) >= 11 is 0. The number of methoxy groups -OCH3 is 1. The van der Waals surface area contributed by atoms with E-state index in [0.29, 0.717) is 17.9 Å². The fourth-order valence-electron chi connectivity index (χ4n) is 1.87. The van der Waals surface area contributed by atoms with Gasteiger partial charge < -0.3 is 20.9 Å². The molecular formula is C15H16N2O3. The summed E-state index contributed by atoms with van der Waals surface area (Å²) in [5.41, 5.74) is 7.72. The highest BCUT2D eigenvalue weighted by atomic mass is 16.5. The lowest BCUT2D eigenvalue weighted by Gasteiger charge is -2.11. The zero-order valence-corrected chi connectivity index (χ0v) is 11.1. The smallest absolute Gasteiger partial charge is 0.337 e. The normalized spacial score (nSPS) is 10.1. The van der Waals surface area contributed by atoms with Gasteiger partial charge in [-0.15, -0.1) is 0 Å². The summed E-state index contributed by atoms with van der Waals surface area (Å²) in [5.74, 6) is -0.245. The van der Waals surface area contributed by atoms with Crippen molar-refractivity contribution in [3.63, 3.8) is 0 Å². The third kappa shape index (κ3) is 3.20. The standard InChI is InChI=1S/C15H16N2O3/c1-20-12-4-2-3-10(7-12)9-17-14-6-5-11(16)8-13(14)15(18)19/h2-8,17H,9,16H2,1H3,(H,18,19). The molecule has 0 aliphatic rings. The van der Waals surface area contributed by atoms with Gasteiger partial charge in [-0.1, -0.05) is 12.1 Å². The molecule has 0 fully saturated rings. The van der Waals surface area contributed by atoms with Crippen molar-refractivity contribution in [3.05, 3.63) is 53.6 Å². The third-order valence-electron chi connectivity index (χ3n) is 2.89. The lowest BCUT2D eigenvalue weighted by atomic mass is 10.1. The predicted molar refractivity (Wildman–Crippen MR) is 78.1 cm³/mol. The van der Waals surface area contributed by atoms with Crippen molar-refractivity contribution in [2.24, 2.45) is 0 Å². The Morgan fingerprint density at radius 1 is 1.30 bits per heavy atom. The Morgan fingerprint density at radius 3 is 2.80 bits per heavy atom. The van der Waals surface area contributed by atoms with Gasteiger partial charge in [0.05, 0.1) is 12.7 Å². The summed E-state index contributed by atoms with van der Waals surface area (Å²) in [5, 5.41) is 12.3. The Balaban J connectivity index is 2.16. The first-order valence-electron chi connectivity index (χ1n) is 6.10. The molecule has 0 amide bonds. The van der Waals surface area contributed by atoms with Crippen LogP contribution in [0.2, 0.25) is 0 Å². The molecule has 5 heteroatoms. The number of carboxylic acids is 1. The third-order valence-corrected chi connectivity index (χ3v) is 2.89. The molecule has 104 valence electrons. The molecule has 0 aliphatic carbocycles. The minimum Gasteiger partial charge on any atom is -0.497 e. The van der Waals surface area contributed by atoms with Gasteiger partial charge >= 0.3 is 5.97 Å². The second kappa shape index (κ2) is 5.97. The predicted octanol–water partition coefficient (Wildman–Crippen LogP) is 2.59. The van der Waals surface area contributed by atoms with Crippen LogP contribution in [-0.2, 0) is 6.54 Å². The maximum absolute atomic E-state index is 11.2. The summed E-state index contributed by atoms with van der Waals surface area (Å²) < 4.78 is 5.15. The van der Waals surface area contributed by atoms with Crippen molar-refractivity contribution in [1.29, 1.82) is 0 Å². The van der Waals surface area contributed by atoms with E-state index >= 15 is 0 Å². The number of hydrogen-bond acceptors (Lipinski definition) is 4. The van der Waals surface area contributed by atoms with E-state index in [0.717, 1.165) is 11.3 Å². The zero-order chi connectivity index (χ0) is 14.5. The Kier molecular flexibility index (Phi) is 4.10. The molecule has 2 aromatic carbocycles. The topological polar surface area (TPSA) is 84.6 Å². The van der Waals surface area contributed by atoms with Gasteiger partial charge in [-0.25, -0.2) is 4.79 Å². The number of nitrogen functional groups attached to an aromatic ring is 1. The second-order valence-electron chi connectivity index (χ2n) is 4.32. The number of carboxylic acid groups (broad SMARTS) is 1. The van der Waals surface area contributed by atoms with Crippen molar-refractivity contribution in [3.8, 4) is 5.75 Å². The number of nitrogens with one attached hydrogen (secondary N) is 1. The van der Waals surface area contributed by atoms with Crippen LogP contribution in [0.1, 0.15) is 15.9 Å². The van der Waals surface area contributed by atoms with E-state index in [1.54, 1.807) is 19.2 Å². The minimum atomic E-state index is -1.01. The van der Waals surface area contributed by atoms with E-state index in [-0.39, 0.29) is 5.56 Å². The summed E-state index contributed by atoms with van der Waals surface area (Å²) in [6.45, 7) is 0.501. The van der Waals surface area contributed by atoms with Crippen LogP contribution in [0.15, 0.2) is 42.5 Å². The molecule has 2 rings (SSSR count). The van der Waals surface area contributed by atoms with Crippen LogP contribution in [0, 0.1) is 0 Å². The Labute approximate surface area is 117 Å². The first kappa shape index (κ1) is 13.7. The average molecular weight is 272 g/mol. The van der Waals surface area contributed by atoms with Gasteiger partial charge in [0, 0.05) is 17.9 Å². The zero-order valence-electron chi connectivity index (χ0n) is 11.1. The molecule has 0 aliphatic heterocycles. The maximum Gasteiger partial charge on any atom is 0.337 e. The molecule has 0 spiro atoms. The monoisotopic (exact) mass is 272 g/mol. The first-order chi connectivity index (χ1) is 9.60. The summed E-state index contributed by atoms with van der Waals surface area (Å²) in [6.07, 6.45) is 0. The number of aromatic carboxylic acids is 1. The molecule has 0 saturated carbocycles.